The Hall–Kier alpha value is -3.10. The summed E-state index contributed by atoms with van der Waals surface area (Å²) in [6.45, 7) is 0.489. The maximum Gasteiger partial charge on any atom is 0.410 e. The fourth-order valence-corrected chi connectivity index (χ4v) is 2.98. The molecule has 1 aromatic carbocycles. The molecule has 1 aliphatic heterocycles. The van der Waals surface area contributed by atoms with E-state index in [0.29, 0.717) is 19.4 Å². The fraction of sp³-hybridized carbons (Fsp3) is 0.474. The predicted octanol–water partition coefficient (Wildman–Crippen LogP) is 0.711. The van der Waals surface area contributed by atoms with Crippen molar-refractivity contribution in [1.29, 1.82) is 0 Å². The number of nitrogens with one attached hydrogen (secondary N) is 1. The largest absolute Gasteiger partial charge is 0.469 e. The standard InChI is InChI=1S/C19H25N3O6/c1-27-16(23)10-9-14(17(20)24)21-18(25)15-8-5-11-22(15)19(26)28-12-13-6-3-2-4-7-13/h2-4,6-7,14-15H,5,8-12H2,1H3,(H2,20,24)(H,21,25)/t14-,15-/m1/s1. The second-order valence-corrected chi connectivity index (χ2v) is 6.47. The first-order chi connectivity index (χ1) is 13.4. The van der Waals surface area contributed by atoms with Crippen molar-refractivity contribution in [3.05, 3.63) is 35.9 Å². The van der Waals surface area contributed by atoms with Crippen LogP contribution in [0.15, 0.2) is 30.3 Å². The molecule has 2 atom stereocenters. The third-order valence-electron chi connectivity index (χ3n) is 4.52. The lowest BCUT2D eigenvalue weighted by Gasteiger charge is -2.25. The van der Waals surface area contributed by atoms with Crippen molar-refractivity contribution in [3.8, 4) is 0 Å². The number of nitrogens with two attached hydrogens (primary N) is 1. The zero-order valence-electron chi connectivity index (χ0n) is 15.8. The van der Waals surface area contributed by atoms with Gasteiger partial charge in [-0.3, -0.25) is 19.3 Å². The number of primary amides is 1. The summed E-state index contributed by atoms with van der Waals surface area (Å²) in [5, 5.41) is 2.53. The van der Waals surface area contributed by atoms with Crippen molar-refractivity contribution >= 4 is 23.9 Å². The molecule has 1 aromatic rings. The summed E-state index contributed by atoms with van der Waals surface area (Å²) < 4.78 is 9.82. The SMILES string of the molecule is COC(=O)CC[C@@H](NC(=O)[C@H]1CCCN1C(=O)OCc1ccccc1)C(N)=O. The van der Waals surface area contributed by atoms with Gasteiger partial charge in [0.05, 0.1) is 7.11 Å². The highest BCUT2D eigenvalue weighted by atomic mass is 16.6. The third-order valence-corrected chi connectivity index (χ3v) is 4.52. The van der Waals surface area contributed by atoms with Gasteiger partial charge in [0.1, 0.15) is 18.7 Å². The van der Waals surface area contributed by atoms with E-state index < -0.39 is 36.0 Å². The Morgan fingerprint density at radius 2 is 1.96 bits per heavy atom. The van der Waals surface area contributed by atoms with E-state index in [1.54, 1.807) is 0 Å². The normalized spacial score (nSPS) is 16.9. The van der Waals surface area contributed by atoms with E-state index in [0.717, 1.165) is 5.56 Å². The van der Waals surface area contributed by atoms with E-state index in [1.807, 2.05) is 30.3 Å². The van der Waals surface area contributed by atoms with Gasteiger partial charge < -0.3 is 20.5 Å². The molecule has 9 heteroatoms. The molecule has 28 heavy (non-hydrogen) atoms. The number of nitrogens with zero attached hydrogens (tertiary/aromatic N) is 1. The Morgan fingerprint density at radius 1 is 1.25 bits per heavy atom. The number of esters is 1. The number of likely N-dealkylation sites (tertiary alicyclic amines) is 1. The van der Waals surface area contributed by atoms with E-state index in [2.05, 4.69) is 10.1 Å². The summed E-state index contributed by atoms with van der Waals surface area (Å²) in [6, 6.07) is 7.45. The zero-order valence-corrected chi connectivity index (χ0v) is 15.8. The maximum atomic E-state index is 12.6. The molecule has 0 unspecified atom stereocenters. The summed E-state index contributed by atoms with van der Waals surface area (Å²) in [5.41, 5.74) is 6.15. The molecule has 0 aromatic heterocycles. The number of hydrogen-bond acceptors (Lipinski definition) is 6. The van der Waals surface area contributed by atoms with Crippen LogP contribution in [-0.2, 0) is 30.5 Å². The molecule has 3 N–H and O–H groups in total. The van der Waals surface area contributed by atoms with Crippen LogP contribution in [0.1, 0.15) is 31.2 Å². The minimum Gasteiger partial charge on any atom is -0.469 e. The van der Waals surface area contributed by atoms with Crippen LogP contribution in [0.4, 0.5) is 4.79 Å². The summed E-state index contributed by atoms with van der Waals surface area (Å²) in [6.07, 6.45) is 0.472. The molecule has 1 fully saturated rings. The number of benzene rings is 1. The molecule has 1 heterocycles. The van der Waals surface area contributed by atoms with E-state index >= 15 is 0 Å². The molecule has 1 saturated heterocycles. The first kappa shape index (κ1) is 21.2. The van der Waals surface area contributed by atoms with Gasteiger partial charge in [-0.05, 0) is 24.8 Å². The number of ether oxygens (including phenoxy) is 2. The van der Waals surface area contributed by atoms with Gasteiger partial charge in [-0.2, -0.15) is 0 Å². The van der Waals surface area contributed by atoms with Crippen LogP contribution in [0.3, 0.4) is 0 Å². The first-order valence-corrected chi connectivity index (χ1v) is 9.06. The summed E-state index contributed by atoms with van der Waals surface area (Å²) >= 11 is 0. The summed E-state index contributed by atoms with van der Waals surface area (Å²) in [5.74, 6) is -1.76. The lowest BCUT2D eigenvalue weighted by molar-refractivity contribution is -0.141. The topological polar surface area (TPSA) is 128 Å². The first-order valence-electron chi connectivity index (χ1n) is 9.06. The highest BCUT2D eigenvalue weighted by Gasteiger charge is 2.36. The van der Waals surface area contributed by atoms with Crippen LogP contribution in [0.2, 0.25) is 0 Å². The molecule has 1 aliphatic rings. The van der Waals surface area contributed by atoms with Crippen molar-refractivity contribution < 1.29 is 28.7 Å². The minimum absolute atomic E-state index is 0.0267. The van der Waals surface area contributed by atoms with Crippen LogP contribution in [0, 0.1) is 0 Å². The van der Waals surface area contributed by atoms with Gasteiger partial charge in [0, 0.05) is 13.0 Å². The van der Waals surface area contributed by atoms with Gasteiger partial charge in [-0.1, -0.05) is 30.3 Å². The lowest BCUT2D eigenvalue weighted by atomic mass is 10.1. The molecule has 0 bridgehead atoms. The fourth-order valence-electron chi connectivity index (χ4n) is 2.98. The minimum atomic E-state index is -1.02. The number of carbonyl (C=O) groups is 4. The Balaban J connectivity index is 1.92. The molecule has 0 radical (unpaired) electrons. The van der Waals surface area contributed by atoms with Crippen LogP contribution in [0.25, 0.3) is 0 Å². The number of methoxy groups -OCH3 is 1. The summed E-state index contributed by atoms with van der Waals surface area (Å²) in [7, 11) is 1.23. The van der Waals surface area contributed by atoms with Crippen LogP contribution in [0.5, 0.6) is 0 Å². The van der Waals surface area contributed by atoms with E-state index in [1.165, 1.54) is 12.0 Å². The summed E-state index contributed by atoms with van der Waals surface area (Å²) in [4.78, 5) is 49.1. The Kier molecular flexibility index (Phi) is 7.79. The van der Waals surface area contributed by atoms with E-state index in [4.69, 9.17) is 10.5 Å². The molecule has 3 amide bonds. The molecule has 152 valence electrons. The third kappa shape index (κ3) is 5.97. The number of rotatable bonds is 8. The molecule has 9 nitrogen and oxygen atoms in total. The Labute approximate surface area is 163 Å². The molecular formula is C19H25N3O6. The van der Waals surface area contributed by atoms with Crippen molar-refractivity contribution in [1.82, 2.24) is 10.2 Å². The van der Waals surface area contributed by atoms with Gasteiger partial charge in [0.2, 0.25) is 11.8 Å². The lowest BCUT2D eigenvalue weighted by Crippen LogP contribution is -2.52. The zero-order chi connectivity index (χ0) is 20.5. The number of amides is 3. The Morgan fingerprint density at radius 3 is 2.61 bits per heavy atom. The molecule has 0 aliphatic carbocycles. The van der Waals surface area contributed by atoms with Crippen molar-refractivity contribution in [2.75, 3.05) is 13.7 Å². The smallest absolute Gasteiger partial charge is 0.410 e. The average Bonchev–Trinajstić information content (AvgIpc) is 3.19. The average molecular weight is 391 g/mol. The monoisotopic (exact) mass is 391 g/mol. The van der Waals surface area contributed by atoms with E-state index in [-0.39, 0.29) is 19.4 Å². The highest BCUT2D eigenvalue weighted by molar-refractivity contribution is 5.91. The van der Waals surface area contributed by atoms with Crippen molar-refractivity contribution in [2.24, 2.45) is 5.73 Å². The molecule has 2 rings (SSSR count). The second kappa shape index (κ2) is 10.3. The predicted molar refractivity (Wildman–Crippen MR) is 98.7 cm³/mol. The van der Waals surface area contributed by atoms with Gasteiger partial charge >= 0.3 is 12.1 Å². The number of hydrogen-bond donors (Lipinski definition) is 2. The van der Waals surface area contributed by atoms with Gasteiger partial charge in [0.15, 0.2) is 0 Å². The van der Waals surface area contributed by atoms with Crippen LogP contribution in [-0.4, -0.2) is 54.5 Å². The second-order valence-electron chi connectivity index (χ2n) is 6.47. The molecule has 0 saturated carbocycles. The molecule has 0 spiro atoms. The molecular weight excluding hydrogens is 366 g/mol. The van der Waals surface area contributed by atoms with Crippen molar-refractivity contribution in [3.63, 3.8) is 0 Å². The van der Waals surface area contributed by atoms with Crippen LogP contribution < -0.4 is 11.1 Å². The van der Waals surface area contributed by atoms with Gasteiger partial charge in [-0.15, -0.1) is 0 Å². The van der Waals surface area contributed by atoms with E-state index in [9.17, 15) is 19.2 Å². The Bertz CT molecular complexity index is 709. The van der Waals surface area contributed by atoms with Crippen LogP contribution >= 0.6 is 0 Å². The maximum absolute atomic E-state index is 12.6. The highest BCUT2D eigenvalue weighted by Crippen LogP contribution is 2.19. The van der Waals surface area contributed by atoms with Gasteiger partial charge in [-0.25, -0.2) is 4.79 Å². The van der Waals surface area contributed by atoms with Crippen molar-refractivity contribution in [2.45, 2.75) is 44.4 Å². The number of carbonyl (C=O) groups excluding carboxylic acids is 4. The van der Waals surface area contributed by atoms with Gasteiger partial charge in [0.25, 0.3) is 0 Å². The quantitative estimate of drug-likeness (QED) is 0.628.